The van der Waals surface area contributed by atoms with Crippen molar-refractivity contribution in [2.24, 2.45) is 0 Å². The quantitative estimate of drug-likeness (QED) is 0.835. The zero-order valence-electron chi connectivity index (χ0n) is 11.5. The lowest BCUT2D eigenvalue weighted by atomic mass is 10.1. The molecule has 0 aliphatic carbocycles. The van der Waals surface area contributed by atoms with Gasteiger partial charge >= 0.3 is 0 Å². The molecule has 0 radical (unpaired) electrons. The maximum absolute atomic E-state index is 12.4. The number of aryl methyl sites for hydroxylation is 1. The molecule has 0 heterocycles. The van der Waals surface area contributed by atoms with Crippen LogP contribution in [0.5, 0.6) is 0 Å². The number of anilines is 1. The minimum atomic E-state index is -3.43. The Morgan fingerprint density at radius 3 is 2.44 bits per heavy atom. The number of nitrogens with zero attached hydrogens (tertiary/aromatic N) is 1. The van der Waals surface area contributed by atoms with Crippen LogP contribution in [0.1, 0.15) is 30.9 Å². The zero-order chi connectivity index (χ0) is 13.9. The average Bonchev–Trinajstić information content (AvgIpc) is 2.30. The van der Waals surface area contributed by atoms with Crippen LogP contribution in [0, 0.1) is 13.8 Å². The van der Waals surface area contributed by atoms with Crippen LogP contribution in [-0.4, -0.2) is 26.3 Å². The van der Waals surface area contributed by atoms with Gasteiger partial charge < -0.3 is 5.73 Å². The van der Waals surface area contributed by atoms with Gasteiger partial charge in [-0.05, 0) is 43.5 Å². The van der Waals surface area contributed by atoms with Crippen molar-refractivity contribution in [1.82, 2.24) is 4.31 Å². The monoisotopic (exact) mass is 270 g/mol. The summed E-state index contributed by atoms with van der Waals surface area (Å²) in [5, 5.41) is 0. The van der Waals surface area contributed by atoms with Crippen molar-refractivity contribution in [3.63, 3.8) is 0 Å². The number of hydrogen-bond acceptors (Lipinski definition) is 3. The zero-order valence-corrected chi connectivity index (χ0v) is 12.3. The third kappa shape index (κ3) is 3.03. The first-order valence-corrected chi connectivity index (χ1v) is 7.57. The molecule has 1 aromatic carbocycles. The number of unbranched alkanes of at least 4 members (excludes halogenated alkanes) is 1. The van der Waals surface area contributed by atoms with Gasteiger partial charge in [0.1, 0.15) is 0 Å². The Labute approximate surface area is 110 Å². The van der Waals surface area contributed by atoms with Gasteiger partial charge in [0.15, 0.2) is 0 Å². The van der Waals surface area contributed by atoms with Gasteiger partial charge in [-0.2, -0.15) is 0 Å². The van der Waals surface area contributed by atoms with Crippen LogP contribution in [0.15, 0.2) is 17.0 Å². The van der Waals surface area contributed by atoms with Gasteiger partial charge in [0.2, 0.25) is 10.0 Å². The molecular formula is C13H22N2O2S. The normalized spacial score (nSPS) is 12.1. The summed E-state index contributed by atoms with van der Waals surface area (Å²) in [7, 11) is -1.82. The molecule has 0 aliphatic rings. The highest BCUT2D eigenvalue weighted by molar-refractivity contribution is 7.89. The van der Waals surface area contributed by atoms with Gasteiger partial charge in [-0.1, -0.05) is 13.3 Å². The molecule has 0 spiro atoms. The first-order chi connectivity index (χ1) is 8.30. The first-order valence-electron chi connectivity index (χ1n) is 6.13. The van der Waals surface area contributed by atoms with Crippen LogP contribution in [0.25, 0.3) is 0 Å². The fourth-order valence-electron chi connectivity index (χ4n) is 1.79. The van der Waals surface area contributed by atoms with Crippen LogP contribution in [0.4, 0.5) is 5.69 Å². The van der Waals surface area contributed by atoms with Crippen molar-refractivity contribution in [3.8, 4) is 0 Å². The van der Waals surface area contributed by atoms with Crippen molar-refractivity contribution in [2.75, 3.05) is 19.3 Å². The summed E-state index contributed by atoms with van der Waals surface area (Å²) >= 11 is 0. The van der Waals surface area contributed by atoms with E-state index in [0.29, 0.717) is 17.1 Å². The van der Waals surface area contributed by atoms with Crippen molar-refractivity contribution in [1.29, 1.82) is 0 Å². The van der Waals surface area contributed by atoms with Gasteiger partial charge in [0.25, 0.3) is 0 Å². The second kappa shape index (κ2) is 5.71. The SMILES string of the molecule is CCCCN(C)S(=O)(=O)c1cc(N)cc(C)c1C. The fourth-order valence-corrected chi connectivity index (χ4v) is 3.33. The molecule has 2 N–H and O–H groups in total. The molecule has 0 fully saturated rings. The molecule has 0 aromatic heterocycles. The minimum Gasteiger partial charge on any atom is -0.399 e. The van der Waals surface area contributed by atoms with E-state index in [-0.39, 0.29) is 0 Å². The molecule has 0 saturated carbocycles. The van der Waals surface area contributed by atoms with E-state index in [1.54, 1.807) is 19.2 Å². The van der Waals surface area contributed by atoms with Crippen molar-refractivity contribution >= 4 is 15.7 Å². The average molecular weight is 270 g/mol. The molecule has 0 aliphatic heterocycles. The number of nitrogen functional groups attached to an aromatic ring is 1. The molecule has 5 heteroatoms. The molecule has 0 bridgehead atoms. The molecule has 1 aromatic rings. The molecular weight excluding hydrogens is 248 g/mol. The number of benzene rings is 1. The Morgan fingerprint density at radius 1 is 1.28 bits per heavy atom. The van der Waals surface area contributed by atoms with E-state index >= 15 is 0 Å². The summed E-state index contributed by atoms with van der Waals surface area (Å²) in [5.74, 6) is 0. The predicted molar refractivity (Wildman–Crippen MR) is 75.1 cm³/mol. The van der Waals surface area contributed by atoms with Gasteiger partial charge in [-0.25, -0.2) is 12.7 Å². The molecule has 18 heavy (non-hydrogen) atoms. The van der Waals surface area contributed by atoms with Crippen LogP contribution in [0.3, 0.4) is 0 Å². The Bertz CT molecular complexity index is 524. The van der Waals surface area contributed by atoms with Crippen LogP contribution >= 0.6 is 0 Å². The topological polar surface area (TPSA) is 63.4 Å². The molecule has 1 rings (SSSR count). The summed E-state index contributed by atoms with van der Waals surface area (Å²) in [4.78, 5) is 0.318. The lowest BCUT2D eigenvalue weighted by Gasteiger charge is -2.19. The number of nitrogens with two attached hydrogens (primary N) is 1. The smallest absolute Gasteiger partial charge is 0.243 e. The van der Waals surface area contributed by atoms with Gasteiger partial charge in [-0.3, -0.25) is 0 Å². The van der Waals surface area contributed by atoms with E-state index in [1.807, 2.05) is 20.8 Å². The Kier molecular flexibility index (Phi) is 4.76. The standard InChI is InChI=1S/C13H22N2O2S/c1-5-6-7-15(4)18(16,17)13-9-12(14)8-10(2)11(13)3/h8-9H,5-7,14H2,1-4H3. The van der Waals surface area contributed by atoms with E-state index in [9.17, 15) is 8.42 Å². The maximum atomic E-state index is 12.4. The first kappa shape index (κ1) is 15.0. The summed E-state index contributed by atoms with van der Waals surface area (Å²) in [5.41, 5.74) is 7.90. The highest BCUT2D eigenvalue weighted by Gasteiger charge is 2.23. The van der Waals surface area contributed by atoms with E-state index in [4.69, 9.17) is 5.73 Å². The van der Waals surface area contributed by atoms with E-state index < -0.39 is 10.0 Å². The molecule has 0 amide bonds. The third-order valence-corrected chi connectivity index (χ3v) is 5.14. The highest BCUT2D eigenvalue weighted by Crippen LogP contribution is 2.24. The Balaban J connectivity index is 3.20. The predicted octanol–water partition coefficient (Wildman–Crippen LogP) is 2.31. The summed E-state index contributed by atoms with van der Waals surface area (Å²) < 4.78 is 26.3. The number of rotatable bonds is 5. The highest BCUT2D eigenvalue weighted by atomic mass is 32.2. The molecule has 4 nitrogen and oxygen atoms in total. The summed E-state index contributed by atoms with van der Waals surface area (Å²) in [6.07, 6.45) is 1.82. The van der Waals surface area contributed by atoms with E-state index in [0.717, 1.165) is 24.0 Å². The molecule has 0 unspecified atom stereocenters. The van der Waals surface area contributed by atoms with Crippen molar-refractivity contribution in [3.05, 3.63) is 23.3 Å². The van der Waals surface area contributed by atoms with Gasteiger partial charge in [0.05, 0.1) is 4.90 Å². The van der Waals surface area contributed by atoms with E-state index in [2.05, 4.69) is 0 Å². The largest absolute Gasteiger partial charge is 0.399 e. The van der Waals surface area contributed by atoms with Crippen LogP contribution < -0.4 is 5.73 Å². The lowest BCUT2D eigenvalue weighted by molar-refractivity contribution is 0.459. The van der Waals surface area contributed by atoms with Gasteiger partial charge in [0, 0.05) is 19.3 Å². The van der Waals surface area contributed by atoms with Gasteiger partial charge in [-0.15, -0.1) is 0 Å². The van der Waals surface area contributed by atoms with Crippen molar-refractivity contribution < 1.29 is 8.42 Å². The Morgan fingerprint density at radius 2 is 1.89 bits per heavy atom. The van der Waals surface area contributed by atoms with Crippen LogP contribution in [-0.2, 0) is 10.0 Å². The second-order valence-electron chi connectivity index (χ2n) is 4.64. The molecule has 0 saturated heterocycles. The second-order valence-corrected chi connectivity index (χ2v) is 6.65. The maximum Gasteiger partial charge on any atom is 0.243 e. The Hall–Kier alpha value is -1.07. The fraction of sp³-hybridized carbons (Fsp3) is 0.538. The number of hydrogen-bond donors (Lipinski definition) is 1. The van der Waals surface area contributed by atoms with Crippen molar-refractivity contribution in [2.45, 2.75) is 38.5 Å². The summed E-state index contributed by atoms with van der Waals surface area (Å²) in [6, 6.07) is 3.33. The van der Waals surface area contributed by atoms with Crippen LogP contribution in [0.2, 0.25) is 0 Å². The summed E-state index contributed by atoms with van der Waals surface area (Å²) in [6.45, 7) is 6.26. The molecule has 0 atom stereocenters. The molecule has 102 valence electrons. The van der Waals surface area contributed by atoms with E-state index in [1.165, 1.54) is 4.31 Å². The lowest BCUT2D eigenvalue weighted by Crippen LogP contribution is -2.28. The minimum absolute atomic E-state index is 0.318. The number of sulfonamides is 1. The third-order valence-electron chi connectivity index (χ3n) is 3.16.